The minimum absolute atomic E-state index is 0.153. The Balaban J connectivity index is 1.88. The third-order valence-electron chi connectivity index (χ3n) is 2.75. The number of carbonyl (C=O) groups excluding carboxylic acids is 1. The molecule has 1 amide bonds. The minimum Gasteiger partial charge on any atom is -0.325 e. The highest BCUT2D eigenvalue weighted by Crippen LogP contribution is 2.17. The van der Waals surface area contributed by atoms with E-state index >= 15 is 0 Å². The fraction of sp³-hybridized carbons (Fsp3) is 0.286. The number of anilines is 1. The van der Waals surface area contributed by atoms with E-state index < -0.39 is 0 Å². The van der Waals surface area contributed by atoms with Crippen molar-refractivity contribution >= 4 is 23.4 Å². The summed E-state index contributed by atoms with van der Waals surface area (Å²) >= 11 is 1.13. The molecule has 6 nitrogen and oxygen atoms in total. The van der Waals surface area contributed by atoms with Crippen LogP contribution in [0.2, 0.25) is 0 Å². The number of thioether (sulfide) groups is 1. The molecule has 2 N–H and O–H groups in total. The Kier molecular flexibility index (Phi) is 5.10. The maximum Gasteiger partial charge on any atom is 0.270 e. The van der Waals surface area contributed by atoms with Crippen molar-refractivity contribution < 1.29 is 4.79 Å². The topological polar surface area (TPSA) is 87.7 Å². The van der Waals surface area contributed by atoms with Gasteiger partial charge >= 0.3 is 0 Å². The van der Waals surface area contributed by atoms with Crippen LogP contribution < -0.4 is 10.9 Å². The van der Waals surface area contributed by atoms with Crippen LogP contribution in [0.5, 0.6) is 0 Å². The standard InChI is InChI=1S/C14H16N4O2S/c1-9(2)10-3-5-11(6-4-10)16-13(20)8-21-14-17-12(19)7-15-18-14/h3-7,9H,8H2,1-2H3,(H,16,20)(H,17,18,19). The zero-order valence-corrected chi connectivity index (χ0v) is 12.6. The molecule has 0 saturated heterocycles. The maximum atomic E-state index is 11.8. The van der Waals surface area contributed by atoms with Gasteiger partial charge in [0.15, 0.2) is 5.16 Å². The second-order valence-electron chi connectivity index (χ2n) is 4.75. The number of aromatic nitrogens is 3. The Bertz CT molecular complexity index is 667. The van der Waals surface area contributed by atoms with Crippen LogP contribution in [0, 0.1) is 0 Å². The molecule has 2 rings (SSSR count). The van der Waals surface area contributed by atoms with Gasteiger partial charge in [-0.15, -0.1) is 5.10 Å². The summed E-state index contributed by atoms with van der Waals surface area (Å²) in [6, 6.07) is 7.74. The summed E-state index contributed by atoms with van der Waals surface area (Å²) in [5, 5.41) is 10.4. The van der Waals surface area contributed by atoms with Crippen molar-refractivity contribution in [3.8, 4) is 0 Å². The molecule has 0 fully saturated rings. The number of H-pyrrole nitrogens is 1. The smallest absolute Gasteiger partial charge is 0.270 e. The van der Waals surface area contributed by atoms with Gasteiger partial charge in [0.1, 0.15) is 6.20 Å². The second kappa shape index (κ2) is 7.03. The van der Waals surface area contributed by atoms with Gasteiger partial charge in [0.05, 0.1) is 5.75 Å². The van der Waals surface area contributed by atoms with Gasteiger partial charge in [-0.05, 0) is 23.6 Å². The molecule has 0 aliphatic heterocycles. The van der Waals surface area contributed by atoms with Crippen molar-refractivity contribution in [2.45, 2.75) is 24.9 Å². The number of aromatic amines is 1. The van der Waals surface area contributed by atoms with Crippen molar-refractivity contribution in [3.05, 3.63) is 46.4 Å². The molecule has 0 atom stereocenters. The lowest BCUT2D eigenvalue weighted by atomic mass is 10.0. The lowest BCUT2D eigenvalue weighted by Crippen LogP contribution is -2.15. The molecule has 1 heterocycles. The van der Waals surface area contributed by atoms with E-state index in [0.29, 0.717) is 11.1 Å². The van der Waals surface area contributed by atoms with Crippen LogP contribution in [-0.2, 0) is 4.79 Å². The molecular weight excluding hydrogens is 288 g/mol. The number of rotatable bonds is 5. The summed E-state index contributed by atoms with van der Waals surface area (Å²) in [4.78, 5) is 25.4. The van der Waals surface area contributed by atoms with Gasteiger partial charge in [-0.3, -0.25) is 14.6 Å². The first-order chi connectivity index (χ1) is 10.0. The normalized spacial score (nSPS) is 10.6. The Morgan fingerprint density at radius 3 is 2.67 bits per heavy atom. The van der Waals surface area contributed by atoms with E-state index in [1.807, 2.05) is 24.3 Å². The van der Waals surface area contributed by atoms with Gasteiger partial charge in [0, 0.05) is 5.69 Å². The number of hydrogen-bond acceptors (Lipinski definition) is 5. The first kappa shape index (κ1) is 15.2. The fourth-order valence-electron chi connectivity index (χ4n) is 1.64. The van der Waals surface area contributed by atoms with Crippen LogP contribution in [0.3, 0.4) is 0 Å². The van der Waals surface area contributed by atoms with Crippen LogP contribution in [-0.4, -0.2) is 26.8 Å². The molecule has 1 aromatic carbocycles. The predicted molar refractivity (Wildman–Crippen MR) is 82.5 cm³/mol. The average molecular weight is 304 g/mol. The Morgan fingerprint density at radius 2 is 2.05 bits per heavy atom. The summed E-state index contributed by atoms with van der Waals surface area (Å²) in [6.07, 6.45) is 1.08. The number of benzene rings is 1. The van der Waals surface area contributed by atoms with Crippen molar-refractivity contribution in [3.63, 3.8) is 0 Å². The van der Waals surface area contributed by atoms with Gasteiger partial charge in [0.2, 0.25) is 5.91 Å². The lowest BCUT2D eigenvalue weighted by Gasteiger charge is -2.08. The fourth-order valence-corrected chi connectivity index (χ4v) is 2.26. The monoisotopic (exact) mass is 304 g/mol. The van der Waals surface area contributed by atoms with Crippen molar-refractivity contribution in [1.82, 2.24) is 15.2 Å². The maximum absolute atomic E-state index is 11.8. The van der Waals surface area contributed by atoms with Crippen LogP contribution >= 0.6 is 11.8 Å². The Morgan fingerprint density at radius 1 is 1.33 bits per heavy atom. The molecule has 21 heavy (non-hydrogen) atoms. The summed E-state index contributed by atoms with van der Waals surface area (Å²) in [5.74, 6) is 0.447. The first-order valence-electron chi connectivity index (χ1n) is 6.49. The van der Waals surface area contributed by atoms with Gasteiger partial charge < -0.3 is 5.32 Å². The highest BCUT2D eigenvalue weighted by Gasteiger charge is 2.06. The molecule has 1 aromatic heterocycles. The van der Waals surface area contributed by atoms with Crippen LogP contribution in [0.15, 0.2) is 40.4 Å². The largest absolute Gasteiger partial charge is 0.325 e. The van der Waals surface area contributed by atoms with Crippen LogP contribution in [0.25, 0.3) is 0 Å². The quantitative estimate of drug-likeness (QED) is 0.825. The van der Waals surface area contributed by atoms with Gasteiger partial charge in [-0.2, -0.15) is 5.10 Å². The van der Waals surface area contributed by atoms with Crippen molar-refractivity contribution in [1.29, 1.82) is 0 Å². The van der Waals surface area contributed by atoms with Crippen LogP contribution in [0.4, 0.5) is 5.69 Å². The number of amides is 1. The van der Waals surface area contributed by atoms with Crippen LogP contribution in [0.1, 0.15) is 25.3 Å². The average Bonchev–Trinajstić information content (AvgIpc) is 2.46. The minimum atomic E-state index is -0.336. The highest BCUT2D eigenvalue weighted by molar-refractivity contribution is 7.99. The van der Waals surface area contributed by atoms with Crippen molar-refractivity contribution in [2.24, 2.45) is 0 Å². The zero-order valence-electron chi connectivity index (χ0n) is 11.8. The third-order valence-corrected chi connectivity index (χ3v) is 3.62. The molecule has 0 aliphatic carbocycles. The van der Waals surface area contributed by atoms with E-state index in [-0.39, 0.29) is 17.2 Å². The van der Waals surface area contributed by atoms with Crippen molar-refractivity contribution in [2.75, 3.05) is 11.1 Å². The van der Waals surface area contributed by atoms with E-state index in [0.717, 1.165) is 23.6 Å². The first-order valence-corrected chi connectivity index (χ1v) is 7.48. The molecule has 110 valence electrons. The number of nitrogens with one attached hydrogen (secondary N) is 2. The van der Waals surface area contributed by atoms with E-state index in [2.05, 4.69) is 34.3 Å². The number of carbonyl (C=O) groups is 1. The summed E-state index contributed by atoms with van der Waals surface area (Å²) in [5.41, 5.74) is 1.63. The molecule has 0 aliphatic rings. The second-order valence-corrected chi connectivity index (χ2v) is 5.72. The number of nitrogens with zero attached hydrogens (tertiary/aromatic N) is 2. The molecule has 0 unspecified atom stereocenters. The van der Waals surface area contributed by atoms with E-state index in [4.69, 9.17) is 0 Å². The molecule has 0 saturated carbocycles. The molecule has 2 aromatic rings. The summed E-state index contributed by atoms with van der Waals surface area (Å²) < 4.78 is 0. The Hall–Kier alpha value is -2.15. The Labute approximate surface area is 126 Å². The predicted octanol–water partition coefficient (Wildman–Crippen LogP) is 2.02. The summed E-state index contributed by atoms with van der Waals surface area (Å²) in [7, 11) is 0. The molecule has 0 radical (unpaired) electrons. The molecule has 0 bridgehead atoms. The number of hydrogen-bond donors (Lipinski definition) is 2. The molecular formula is C14H16N4O2S. The lowest BCUT2D eigenvalue weighted by molar-refractivity contribution is -0.113. The molecule has 7 heteroatoms. The third kappa shape index (κ3) is 4.71. The van der Waals surface area contributed by atoms with E-state index in [1.165, 1.54) is 5.56 Å². The van der Waals surface area contributed by atoms with E-state index in [1.54, 1.807) is 0 Å². The van der Waals surface area contributed by atoms with E-state index in [9.17, 15) is 9.59 Å². The van der Waals surface area contributed by atoms with Gasteiger partial charge in [-0.25, -0.2) is 0 Å². The van der Waals surface area contributed by atoms with Gasteiger partial charge in [0.25, 0.3) is 5.56 Å². The SMILES string of the molecule is CC(C)c1ccc(NC(=O)CSc2nncc(=O)[nH]2)cc1. The zero-order chi connectivity index (χ0) is 15.2. The van der Waals surface area contributed by atoms with Gasteiger partial charge in [-0.1, -0.05) is 37.7 Å². The molecule has 0 spiro atoms. The summed E-state index contributed by atoms with van der Waals surface area (Å²) in [6.45, 7) is 4.23. The highest BCUT2D eigenvalue weighted by atomic mass is 32.2.